The van der Waals surface area contributed by atoms with E-state index in [1.54, 1.807) is 6.33 Å². The first-order chi connectivity index (χ1) is 11.3. The van der Waals surface area contributed by atoms with E-state index in [0.29, 0.717) is 12.1 Å². The minimum atomic E-state index is 0.574. The molecule has 0 spiro atoms. The summed E-state index contributed by atoms with van der Waals surface area (Å²) in [6.45, 7) is 4.93. The molecule has 23 heavy (non-hydrogen) atoms. The molecule has 1 aliphatic carbocycles. The second-order valence-electron chi connectivity index (χ2n) is 6.51. The maximum absolute atomic E-state index is 4.79. The maximum atomic E-state index is 4.79. The summed E-state index contributed by atoms with van der Waals surface area (Å²) in [4.78, 5) is 13.5. The van der Waals surface area contributed by atoms with E-state index in [0.717, 1.165) is 49.7 Å². The molecule has 1 aliphatic heterocycles. The summed E-state index contributed by atoms with van der Waals surface area (Å²) >= 11 is 0. The highest BCUT2D eigenvalue weighted by atomic mass is 16.6. The first kappa shape index (κ1) is 14.6. The largest absolute Gasteiger partial charge is 0.350 e. The minimum Gasteiger partial charge on any atom is -0.350 e. The van der Waals surface area contributed by atoms with Gasteiger partial charge in [0.25, 0.3) is 0 Å². The lowest BCUT2D eigenvalue weighted by Crippen LogP contribution is -2.46. The van der Waals surface area contributed by atoms with Crippen LogP contribution in [-0.2, 0) is 6.54 Å². The number of piperidine rings is 1. The van der Waals surface area contributed by atoms with Crippen molar-refractivity contribution in [2.75, 3.05) is 18.0 Å². The summed E-state index contributed by atoms with van der Waals surface area (Å²) in [6.07, 6.45) is 8.38. The molecule has 0 bridgehead atoms. The monoisotopic (exact) mass is 314 g/mol. The lowest BCUT2D eigenvalue weighted by atomic mass is 10.0. The molecule has 0 unspecified atom stereocenters. The number of aromatic nitrogens is 4. The van der Waals surface area contributed by atoms with Gasteiger partial charge in [0.2, 0.25) is 0 Å². The molecular formula is C16H22N6O. The van der Waals surface area contributed by atoms with Crippen molar-refractivity contribution in [2.24, 2.45) is 0 Å². The van der Waals surface area contributed by atoms with Gasteiger partial charge in [-0.2, -0.15) is 0 Å². The SMILES string of the molecule is Cc1nonc1CN1CCC(N(c2ccncn2)C2CC2)CC1. The lowest BCUT2D eigenvalue weighted by molar-refractivity contribution is 0.194. The summed E-state index contributed by atoms with van der Waals surface area (Å²) < 4.78 is 4.79. The zero-order valence-corrected chi connectivity index (χ0v) is 13.4. The minimum absolute atomic E-state index is 0.574. The predicted molar refractivity (Wildman–Crippen MR) is 84.9 cm³/mol. The average Bonchev–Trinajstić information content (AvgIpc) is 3.34. The highest BCUT2D eigenvalue weighted by Crippen LogP contribution is 2.35. The van der Waals surface area contributed by atoms with Crippen LogP contribution in [0.5, 0.6) is 0 Å². The van der Waals surface area contributed by atoms with Gasteiger partial charge in [0.05, 0.1) is 0 Å². The van der Waals surface area contributed by atoms with Gasteiger partial charge in [-0.3, -0.25) is 4.90 Å². The van der Waals surface area contributed by atoms with Crippen LogP contribution in [0.25, 0.3) is 0 Å². The Balaban J connectivity index is 1.39. The Morgan fingerprint density at radius 3 is 2.57 bits per heavy atom. The smallest absolute Gasteiger partial charge is 0.132 e. The standard InChI is InChI=1S/C16H22N6O/c1-12-15(20-23-19-12)10-21-8-5-14(6-9-21)22(13-2-3-13)16-4-7-17-11-18-16/h4,7,11,13-14H,2-3,5-6,8-10H2,1H3. The molecule has 0 atom stereocenters. The Morgan fingerprint density at radius 2 is 1.96 bits per heavy atom. The van der Waals surface area contributed by atoms with E-state index in [2.05, 4.69) is 30.1 Å². The van der Waals surface area contributed by atoms with Gasteiger partial charge in [-0.15, -0.1) is 0 Å². The van der Waals surface area contributed by atoms with Gasteiger partial charge in [0.15, 0.2) is 0 Å². The summed E-state index contributed by atoms with van der Waals surface area (Å²) in [5.41, 5.74) is 1.85. The van der Waals surface area contributed by atoms with Crippen LogP contribution < -0.4 is 4.90 Å². The van der Waals surface area contributed by atoms with Crippen molar-refractivity contribution in [1.82, 2.24) is 25.2 Å². The normalized spacial score (nSPS) is 19.9. The molecule has 3 heterocycles. The Labute approximate surface area is 135 Å². The van der Waals surface area contributed by atoms with Crippen molar-refractivity contribution in [1.29, 1.82) is 0 Å². The molecule has 4 rings (SSSR count). The van der Waals surface area contributed by atoms with Crippen LogP contribution in [0.15, 0.2) is 23.2 Å². The molecule has 2 aliphatic rings. The second-order valence-corrected chi connectivity index (χ2v) is 6.51. The number of hydrogen-bond acceptors (Lipinski definition) is 7. The van der Waals surface area contributed by atoms with Gasteiger partial charge in [0.1, 0.15) is 23.5 Å². The van der Waals surface area contributed by atoms with Crippen molar-refractivity contribution >= 4 is 5.82 Å². The van der Waals surface area contributed by atoms with Crippen LogP contribution in [0.2, 0.25) is 0 Å². The molecule has 1 saturated heterocycles. The summed E-state index contributed by atoms with van der Waals surface area (Å²) in [5.74, 6) is 1.08. The van der Waals surface area contributed by atoms with E-state index in [4.69, 9.17) is 4.63 Å². The topological polar surface area (TPSA) is 71.2 Å². The molecule has 2 aromatic heterocycles. The number of anilines is 1. The molecule has 2 aromatic rings. The molecule has 7 heteroatoms. The van der Waals surface area contributed by atoms with Gasteiger partial charge in [-0.1, -0.05) is 10.3 Å². The van der Waals surface area contributed by atoms with Crippen molar-refractivity contribution < 1.29 is 4.63 Å². The van der Waals surface area contributed by atoms with Gasteiger partial charge in [-0.05, 0) is 38.7 Å². The molecule has 122 valence electrons. The third-order valence-corrected chi connectivity index (χ3v) is 4.84. The lowest BCUT2D eigenvalue weighted by Gasteiger charge is -2.39. The number of likely N-dealkylation sites (tertiary alicyclic amines) is 1. The fourth-order valence-corrected chi connectivity index (χ4v) is 3.42. The van der Waals surface area contributed by atoms with E-state index in [-0.39, 0.29) is 0 Å². The van der Waals surface area contributed by atoms with Crippen LogP contribution in [-0.4, -0.2) is 50.4 Å². The maximum Gasteiger partial charge on any atom is 0.132 e. The van der Waals surface area contributed by atoms with Crippen LogP contribution in [0.1, 0.15) is 37.1 Å². The van der Waals surface area contributed by atoms with E-state index in [1.165, 1.54) is 12.8 Å². The predicted octanol–water partition coefficient (Wildman–Crippen LogP) is 1.80. The van der Waals surface area contributed by atoms with Crippen LogP contribution in [0.3, 0.4) is 0 Å². The zero-order valence-electron chi connectivity index (χ0n) is 13.4. The second kappa shape index (κ2) is 6.23. The van der Waals surface area contributed by atoms with Crippen LogP contribution in [0.4, 0.5) is 5.82 Å². The zero-order chi connectivity index (χ0) is 15.6. The van der Waals surface area contributed by atoms with Crippen LogP contribution >= 0.6 is 0 Å². The molecule has 0 aromatic carbocycles. The first-order valence-electron chi connectivity index (χ1n) is 8.36. The molecule has 1 saturated carbocycles. The third kappa shape index (κ3) is 3.19. The van der Waals surface area contributed by atoms with E-state index < -0.39 is 0 Å². The van der Waals surface area contributed by atoms with Crippen molar-refractivity contribution in [3.05, 3.63) is 30.0 Å². The highest BCUT2D eigenvalue weighted by molar-refractivity contribution is 5.41. The van der Waals surface area contributed by atoms with Crippen molar-refractivity contribution in [3.63, 3.8) is 0 Å². The molecule has 0 N–H and O–H groups in total. The first-order valence-corrected chi connectivity index (χ1v) is 8.36. The molecule has 0 amide bonds. The van der Waals surface area contributed by atoms with Gasteiger partial charge in [0, 0.05) is 37.9 Å². The van der Waals surface area contributed by atoms with Crippen molar-refractivity contribution in [2.45, 2.75) is 51.2 Å². The van der Waals surface area contributed by atoms with E-state index in [1.807, 2.05) is 19.2 Å². The number of nitrogens with zero attached hydrogens (tertiary/aromatic N) is 6. The Morgan fingerprint density at radius 1 is 1.17 bits per heavy atom. The summed E-state index contributed by atoms with van der Waals surface area (Å²) in [6, 6.07) is 3.28. The third-order valence-electron chi connectivity index (χ3n) is 4.84. The van der Waals surface area contributed by atoms with E-state index in [9.17, 15) is 0 Å². The quantitative estimate of drug-likeness (QED) is 0.833. The summed E-state index contributed by atoms with van der Waals surface area (Å²) in [7, 11) is 0. The Hall–Kier alpha value is -2.02. The van der Waals surface area contributed by atoms with Crippen molar-refractivity contribution in [3.8, 4) is 0 Å². The fraction of sp³-hybridized carbons (Fsp3) is 0.625. The molecular weight excluding hydrogens is 292 g/mol. The highest BCUT2D eigenvalue weighted by Gasteiger charge is 2.36. The Bertz CT molecular complexity index is 633. The number of rotatable bonds is 5. The van der Waals surface area contributed by atoms with Gasteiger partial charge in [-0.25, -0.2) is 14.6 Å². The van der Waals surface area contributed by atoms with Crippen LogP contribution in [0, 0.1) is 6.92 Å². The average molecular weight is 314 g/mol. The molecule has 0 radical (unpaired) electrons. The number of hydrogen-bond donors (Lipinski definition) is 0. The van der Waals surface area contributed by atoms with E-state index >= 15 is 0 Å². The Kier molecular flexibility index (Phi) is 3.95. The summed E-state index contributed by atoms with van der Waals surface area (Å²) in [5, 5.41) is 7.86. The molecule has 2 fully saturated rings. The number of aryl methyl sites for hydroxylation is 1. The van der Waals surface area contributed by atoms with Gasteiger partial charge >= 0.3 is 0 Å². The van der Waals surface area contributed by atoms with Gasteiger partial charge < -0.3 is 4.90 Å². The molecule has 7 nitrogen and oxygen atoms in total. The fourth-order valence-electron chi connectivity index (χ4n) is 3.42.